The van der Waals surface area contributed by atoms with E-state index in [0.29, 0.717) is 6.61 Å². The minimum Gasteiger partial charge on any atom is -0.394 e. The molecular weight excluding hydrogens is 272 g/mol. The van der Waals surface area contributed by atoms with E-state index >= 15 is 0 Å². The van der Waals surface area contributed by atoms with Crippen LogP contribution in [0, 0.1) is 0 Å². The molecule has 1 aliphatic rings. The molecule has 0 unspecified atom stereocenters. The first-order chi connectivity index (χ1) is 10.2. The van der Waals surface area contributed by atoms with Crippen LogP contribution in [0.25, 0.3) is 0 Å². The molecule has 0 aliphatic carbocycles. The third kappa shape index (κ3) is 7.56. The molecule has 1 aliphatic heterocycles. The highest BCUT2D eigenvalue weighted by Crippen LogP contribution is 2.21. The van der Waals surface area contributed by atoms with Crippen molar-refractivity contribution in [3.05, 3.63) is 0 Å². The molecule has 0 aromatic carbocycles. The zero-order chi connectivity index (χ0) is 15.5. The number of hydrogen-bond donors (Lipinski definition) is 3. The lowest BCUT2D eigenvalue weighted by Gasteiger charge is -2.36. The smallest absolute Gasteiger partial charge is 0.160 e. The van der Waals surface area contributed by atoms with Crippen LogP contribution < -0.4 is 0 Å². The summed E-state index contributed by atoms with van der Waals surface area (Å²) in [5.41, 5.74) is 0. The van der Waals surface area contributed by atoms with Crippen molar-refractivity contribution in [3.63, 3.8) is 0 Å². The summed E-state index contributed by atoms with van der Waals surface area (Å²) in [5, 5.41) is 28.3. The van der Waals surface area contributed by atoms with Gasteiger partial charge in [0.05, 0.1) is 12.7 Å². The number of ether oxygens (including phenoxy) is 2. The summed E-state index contributed by atoms with van der Waals surface area (Å²) < 4.78 is 11.0. The van der Waals surface area contributed by atoms with Gasteiger partial charge in [-0.05, 0) is 6.42 Å². The topological polar surface area (TPSA) is 79.2 Å². The summed E-state index contributed by atoms with van der Waals surface area (Å²) in [7, 11) is 0. The zero-order valence-corrected chi connectivity index (χ0v) is 13.2. The fourth-order valence-corrected chi connectivity index (χ4v) is 2.62. The van der Waals surface area contributed by atoms with Gasteiger partial charge in [-0.15, -0.1) is 0 Å². The van der Waals surface area contributed by atoms with Crippen molar-refractivity contribution >= 4 is 0 Å². The average Bonchev–Trinajstić information content (AvgIpc) is 2.48. The van der Waals surface area contributed by atoms with Crippen molar-refractivity contribution in [1.82, 2.24) is 0 Å². The van der Waals surface area contributed by atoms with Crippen LogP contribution in [-0.2, 0) is 9.47 Å². The summed E-state index contributed by atoms with van der Waals surface area (Å²) in [4.78, 5) is 0. The number of aliphatic hydroxyl groups is 3. The van der Waals surface area contributed by atoms with Gasteiger partial charge in [-0.25, -0.2) is 0 Å². The second-order valence-corrected chi connectivity index (χ2v) is 5.93. The average molecular weight is 304 g/mol. The van der Waals surface area contributed by atoms with Crippen molar-refractivity contribution in [2.45, 2.75) is 89.3 Å². The summed E-state index contributed by atoms with van der Waals surface area (Å²) in [6, 6.07) is 0. The van der Waals surface area contributed by atoms with Crippen molar-refractivity contribution in [2.24, 2.45) is 0 Å². The first-order valence-electron chi connectivity index (χ1n) is 8.43. The van der Waals surface area contributed by atoms with Crippen LogP contribution in [0.15, 0.2) is 0 Å². The maximum Gasteiger partial charge on any atom is 0.160 e. The molecule has 1 fully saturated rings. The van der Waals surface area contributed by atoms with Gasteiger partial charge in [0.15, 0.2) is 6.29 Å². The Morgan fingerprint density at radius 2 is 1.62 bits per heavy atom. The third-order valence-electron chi connectivity index (χ3n) is 4.02. The Morgan fingerprint density at radius 1 is 1.00 bits per heavy atom. The molecule has 1 rings (SSSR count). The fraction of sp³-hybridized carbons (Fsp3) is 1.00. The monoisotopic (exact) mass is 304 g/mol. The Hall–Kier alpha value is -0.200. The lowest BCUT2D eigenvalue weighted by molar-refractivity contribution is -0.256. The summed E-state index contributed by atoms with van der Waals surface area (Å²) in [6.07, 6.45) is 7.00. The molecule has 0 amide bonds. The molecule has 1 saturated heterocycles. The maximum atomic E-state index is 9.67. The minimum absolute atomic E-state index is 0.259. The zero-order valence-electron chi connectivity index (χ0n) is 13.2. The Kier molecular flexibility index (Phi) is 10.2. The Bertz CT molecular complexity index is 249. The molecule has 126 valence electrons. The molecule has 0 aromatic heterocycles. The van der Waals surface area contributed by atoms with Gasteiger partial charge in [0, 0.05) is 13.0 Å². The minimum atomic E-state index is -1.03. The quantitative estimate of drug-likeness (QED) is 0.509. The first-order valence-corrected chi connectivity index (χ1v) is 8.43. The Balaban J connectivity index is 2.00. The SMILES string of the molecule is CCCCCCCCCCO[C@@H]1C[C@@H](O)[C@H](O)[C@@H](CO)O1. The second-order valence-electron chi connectivity index (χ2n) is 5.93. The number of unbranched alkanes of at least 4 members (excludes halogenated alkanes) is 7. The van der Waals surface area contributed by atoms with E-state index in [-0.39, 0.29) is 13.0 Å². The molecule has 4 atom stereocenters. The summed E-state index contributed by atoms with van der Waals surface area (Å²) in [6.45, 7) is 2.51. The standard InChI is InChI=1S/C16H32O5/c1-2-3-4-5-6-7-8-9-10-20-15-11-13(18)16(19)14(12-17)21-15/h13-19H,2-12H2,1H3/t13-,14-,15+,16+/m1/s1. The fourth-order valence-electron chi connectivity index (χ4n) is 2.62. The van der Waals surface area contributed by atoms with Crippen LogP contribution in [0.2, 0.25) is 0 Å². The molecule has 5 heteroatoms. The lowest BCUT2D eigenvalue weighted by atomic mass is 10.0. The van der Waals surface area contributed by atoms with E-state index in [1.54, 1.807) is 0 Å². The van der Waals surface area contributed by atoms with E-state index in [2.05, 4.69) is 6.92 Å². The van der Waals surface area contributed by atoms with Crippen molar-refractivity contribution in [3.8, 4) is 0 Å². The Morgan fingerprint density at radius 3 is 2.24 bits per heavy atom. The highest BCUT2D eigenvalue weighted by molar-refractivity contribution is 4.82. The molecule has 0 saturated carbocycles. The lowest BCUT2D eigenvalue weighted by Crippen LogP contribution is -2.50. The van der Waals surface area contributed by atoms with Crippen LogP contribution in [0.4, 0.5) is 0 Å². The third-order valence-corrected chi connectivity index (χ3v) is 4.02. The van der Waals surface area contributed by atoms with E-state index in [4.69, 9.17) is 14.6 Å². The predicted octanol–water partition coefficient (Wildman–Crippen LogP) is 1.97. The van der Waals surface area contributed by atoms with Crippen LogP contribution in [0.1, 0.15) is 64.7 Å². The van der Waals surface area contributed by atoms with E-state index in [0.717, 1.165) is 12.8 Å². The van der Waals surface area contributed by atoms with Crippen LogP contribution in [-0.4, -0.2) is 53.1 Å². The normalized spacial score (nSPS) is 29.7. The van der Waals surface area contributed by atoms with Crippen LogP contribution >= 0.6 is 0 Å². The second kappa shape index (κ2) is 11.4. The molecule has 0 aromatic rings. The molecule has 3 N–H and O–H groups in total. The predicted molar refractivity (Wildman–Crippen MR) is 80.9 cm³/mol. The number of aliphatic hydroxyl groups excluding tert-OH is 3. The van der Waals surface area contributed by atoms with Gasteiger partial charge < -0.3 is 24.8 Å². The van der Waals surface area contributed by atoms with E-state index in [9.17, 15) is 10.2 Å². The molecule has 21 heavy (non-hydrogen) atoms. The van der Waals surface area contributed by atoms with E-state index < -0.39 is 24.6 Å². The number of rotatable bonds is 11. The van der Waals surface area contributed by atoms with Gasteiger partial charge in [-0.1, -0.05) is 51.9 Å². The van der Waals surface area contributed by atoms with Gasteiger partial charge in [-0.2, -0.15) is 0 Å². The molecule has 0 bridgehead atoms. The summed E-state index contributed by atoms with van der Waals surface area (Å²) in [5.74, 6) is 0. The highest BCUT2D eigenvalue weighted by atomic mass is 16.7. The largest absolute Gasteiger partial charge is 0.394 e. The van der Waals surface area contributed by atoms with Crippen molar-refractivity contribution in [2.75, 3.05) is 13.2 Å². The molecule has 0 spiro atoms. The van der Waals surface area contributed by atoms with Crippen molar-refractivity contribution in [1.29, 1.82) is 0 Å². The van der Waals surface area contributed by atoms with Gasteiger partial charge in [0.25, 0.3) is 0 Å². The molecular formula is C16H32O5. The van der Waals surface area contributed by atoms with Crippen LogP contribution in [0.5, 0.6) is 0 Å². The molecule has 5 nitrogen and oxygen atoms in total. The van der Waals surface area contributed by atoms with Gasteiger partial charge >= 0.3 is 0 Å². The van der Waals surface area contributed by atoms with E-state index in [1.165, 1.54) is 38.5 Å². The molecule has 1 heterocycles. The number of hydrogen-bond acceptors (Lipinski definition) is 5. The summed E-state index contributed by atoms with van der Waals surface area (Å²) >= 11 is 0. The Labute approximate surface area is 128 Å². The maximum absolute atomic E-state index is 9.67. The van der Waals surface area contributed by atoms with Gasteiger partial charge in [0.2, 0.25) is 0 Å². The highest BCUT2D eigenvalue weighted by Gasteiger charge is 2.36. The van der Waals surface area contributed by atoms with Gasteiger partial charge in [-0.3, -0.25) is 0 Å². The van der Waals surface area contributed by atoms with Crippen LogP contribution in [0.3, 0.4) is 0 Å². The van der Waals surface area contributed by atoms with Crippen molar-refractivity contribution < 1.29 is 24.8 Å². The molecule has 0 radical (unpaired) electrons. The van der Waals surface area contributed by atoms with E-state index in [1.807, 2.05) is 0 Å². The first kappa shape index (κ1) is 18.8. The van der Waals surface area contributed by atoms with Gasteiger partial charge in [0.1, 0.15) is 12.2 Å².